The first-order valence-corrected chi connectivity index (χ1v) is 8.45. The molecule has 0 radical (unpaired) electrons. The fourth-order valence-electron chi connectivity index (χ4n) is 3.41. The molecule has 3 N–H and O–H groups in total. The molecule has 142 valence electrons. The number of hydrogen-bond donors (Lipinski definition) is 3. The van der Waals surface area contributed by atoms with Gasteiger partial charge in [0.2, 0.25) is 0 Å². The highest BCUT2D eigenvalue weighted by Gasteiger charge is 2.33. The molecule has 2 aromatic rings. The van der Waals surface area contributed by atoms with Crippen LogP contribution < -0.4 is 0 Å². The van der Waals surface area contributed by atoms with Gasteiger partial charge in [0, 0.05) is 30.8 Å². The average molecular weight is 368 g/mol. The fraction of sp³-hybridized carbons (Fsp3) is 0.500. The molecule has 1 unspecified atom stereocenters. The largest absolute Gasteiger partial charge is 0.389 e. The smallest absolute Gasteiger partial charge is 0.141 e. The van der Waals surface area contributed by atoms with Crippen LogP contribution >= 0.6 is 0 Å². The van der Waals surface area contributed by atoms with Crippen LogP contribution in [0.5, 0.6) is 0 Å². The zero-order valence-electron chi connectivity index (χ0n) is 14.6. The Morgan fingerprint density at radius 3 is 2.19 bits per heavy atom. The summed E-state index contributed by atoms with van der Waals surface area (Å²) in [5.41, 5.74) is 1.44. The van der Waals surface area contributed by atoms with Crippen molar-refractivity contribution in [2.24, 2.45) is 0 Å². The van der Waals surface area contributed by atoms with Gasteiger partial charge in [0.1, 0.15) is 23.5 Å². The third-order valence-corrected chi connectivity index (χ3v) is 4.82. The number of rotatable bonds is 4. The van der Waals surface area contributed by atoms with E-state index in [1.165, 1.54) is 12.1 Å². The Morgan fingerprint density at radius 2 is 1.69 bits per heavy atom. The van der Waals surface area contributed by atoms with Crippen LogP contribution in [0.2, 0.25) is 0 Å². The molecular formula is C18H22F2N2O4. The van der Waals surface area contributed by atoms with Gasteiger partial charge < -0.3 is 19.8 Å². The van der Waals surface area contributed by atoms with E-state index in [-0.39, 0.29) is 31.6 Å². The van der Waals surface area contributed by atoms with E-state index in [1.807, 2.05) is 0 Å². The minimum Gasteiger partial charge on any atom is -0.389 e. The Hall–Kier alpha value is -1.87. The number of piperidine rings is 1. The van der Waals surface area contributed by atoms with Crippen LogP contribution in [0.4, 0.5) is 8.78 Å². The van der Waals surface area contributed by atoms with Crippen molar-refractivity contribution < 1.29 is 28.6 Å². The van der Waals surface area contributed by atoms with E-state index in [0.29, 0.717) is 22.6 Å². The normalized spacial score (nSPS) is 24.2. The predicted molar refractivity (Wildman–Crippen MR) is 89.5 cm³/mol. The molecule has 0 spiro atoms. The lowest BCUT2D eigenvalue weighted by Gasteiger charge is -2.36. The van der Waals surface area contributed by atoms with Crippen LogP contribution in [-0.4, -0.2) is 63.3 Å². The molecule has 1 aromatic heterocycles. The summed E-state index contributed by atoms with van der Waals surface area (Å²) in [7, 11) is 0. The highest BCUT2D eigenvalue weighted by Crippen LogP contribution is 2.30. The molecule has 1 aromatic carbocycles. The summed E-state index contributed by atoms with van der Waals surface area (Å²) < 4.78 is 34.0. The van der Waals surface area contributed by atoms with E-state index in [9.17, 15) is 24.1 Å². The lowest BCUT2D eigenvalue weighted by atomic mass is 9.99. The molecule has 3 atom stereocenters. The number of β-amino-alcohol motifs (C(OH)–C–C–N with tert-alkyl or cyclic N) is 2. The molecule has 0 bridgehead atoms. The zero-order valence-corrected chi connectivity index (χ0v) is 14.6. The van der Waals surface area contributed by atoms with Gasteiger partial charge in [0.25, 0.3) is 0 Å². The Balaban J connectivity index is 1.75. The topological polar surface area (TPSA) is 90.0 Å². The van der Waals surface area contributed by atoms with Crippen molar-refractivity contribution in [1.29, 1.82) is 0 Å². The third-order valence-electron chi connectivity index (χ3n) is 4.82. The molecule has 0 saturated carbocycles. The highest BCUT2D eigenvalue weighted by atomic mass is 19.1. The van der Waals surface area contributed by atoms with Gasteiger partial charge in [-0.2, -0.15) is 0 Å². The van der Waals surface area contributed by atoms with Crippen LogP contribution in [-0.2, 0) is 6.42 Å². The zero-order chi connectivity index (χ0) is 19.0. The number of benzene rings is 1. The van der Waals surface area contributed by atoms with Gasteiger partial charge in [-0.15, -0.1) is 0 Å². The Morgan fingerprint density at radius 1 is 1.12 bits per heavy atom. The van der Waals surface area contributed by atoms with Crippen molar-refractivity contribution in [1.82, 2.24) is 10.1 Å². The fourth-order valence-corrected chi connectivity index (χ4v) is 3.41. The Bertz CT molecular complexity index is 741. The summed E-state index contributed by atoms with van der Waals surface area (Å²) in [6.07, 6.45) is -3.30. The number of aliphatic hydroxyl groups is 3. The second kappa shape index (κ2) is 7.40. The molecule has 3 rings (SSSR count). The molecule has 2 heterocycles. The van der Waals surface area contributed by atoms with Crippen LogP contribution in [0.25, 0.3) is 11.1 Å². The van der Waals surface area contributed by atoms with Crippen molar-refractivity contribution in [2.75, 3.05) is 19.6 Å². The maximum Gasteiger partial charge on any atom is 0.141 e. The van der Waals surface area contributed by atoms with Gasteiger partial charge in [-0.3, -0.25) is 4.90 Å². The lowest BCUT2D eigenvalue weighted by molar-refractivity contribution is -0.109. The van der Waals surface area contributed by atoms with E-state index in [4.69, 9.17) is 4.52 Å². The quantitative estimate of drug-likeness (QED) is 0.751. The van der Waals surface area contributed by atoms with Crippen molar-refractivity contribution in [3.05, 3.63) is 40.8 Å². The van der Waals surface area contributed by atoms with Gasteiger partial charge in [-0.25, -0.2) is 8.78 Å². The summed E-state index contributed by atoms with van der Waals surface area (Å²) in [5, 5.41) is 32.8. The van der Waals surface area contributed by atoms with Crippen LogP contribution in [0.15, 0.2) is 16.7 Å². The van der Waals surface area contributed by atoms with Gasteiger partial charge in [0.15, 0.2) is 0 Å². The van der Waals surface area contributed by atoms with Crippen molar-refractivity contribution in [3.63, 3.8) is 0 Å². The molecule has 1 aliphatic rings. The summed E-state index contributed by atoms with van der Waals surface area (Å²) in [5.74, 6) is -0.847. The average Bonchev–Trinajstić information content (AvgIpc) is 2.90. The number of aromatic nitrogens is 1. The number of aliphatic hydroxyl groups excluding tert-OH is 3. The van der Waals surface area contributed by atoms with E-state index >= 15 is 0 Å². The van der Waals surface area contributed by atoms with Crippen molar-refractivity contribution in [3.8, 4) is 11.1 Å². The third kappa shape index (κ3) is 3.64. The van der Waals surface area contributed by atoms with E-state index in [2.05, 4.69) is 5.16 Å². The molecule has 1 aliphatic heterocycles. The van der Waals surface area contributed by atoms with E-state index in [0.717, 1.165) is 0 Å². The first-order valence-electron chi connectivity index (χ1n) is 8.45. The molecule has 1 saturated heterocycles. The van der Waals surface area contributed by atoms with Crippen molar-refractivity contribution >= 4 is 0 Å². The maximum absolute atomic E-state index is 14.5. The summed E-state index contributed by atoms with van der Waals surface area (Å²) in [4.78, 5) is 1.67. The molecule has 6 nitrogen and oxygen atoms in total. The molecular weight excluding hydrogens is 346 g/mol. The highest BCUT2D eigenvalue weighted by molar-refractivity contribution is 5.68. The maximum atomic E-state index is 14.5. The summed E-state index contributed by atoms with van der Waals surface area (Å²) in [6, 6.07) is 2.52. The van der Waals surface area contributed by atoms with Crippen molar-refractivity contribution in [2.45, 2.75) is 38.6 Å². The second-order valence-corrected chi connectivity index (χ2v) is 6.75. The molecule has 8 heteroatoms. The van der Waals surface area contributed by atoms with Crippen LogP contribution in [0.3, 0.4) is 0 Å². The molecule has 0 aliphatic carbocycles. The van der Waals surface area contributed by atoms with Gasteiger partial charge >= 0.3 is 0 Å². The summed E-state index contributed by atoms with van der Waals surface area (Å²) in [6.45, 7) is 3.91. The van der Waals surface area contributed by atoms with Gasteiger partial charge in [-0.1, -0.05) is 5.16 Å². The monoisotopic (exact) mass is 368 g/mol. The summed E-state index contributed by atoms with van der Waals surface area (Å²) >= 11 is 0. The number of nitrogens with zero attached hydrogens (tertiary/aromatic N) is 2. The minimum atomic E-state index is -1.20. The molecule has 26 heavy (non-hydrogen) atoms. The number of aryl methyl sites for hydroxylation is 2. The SMILES string of the molecule is Cc1noc(C)c1-c1cc(F)c(CCN2C[C@@H](O)C(O)[C@@H](O)C2)c(F)c1. The number of halogens is 2. The Kier molecular flexibility index (Phi) is 5.38. The predicted octanol–water partition coefficient (Wildman–Crippen LogP) is 1.18. The second-order valence-electron chi connectivity index (χ2n) is 6.75. The van der Waals surface area contributed by atoms with Gasteiger partial charge in [0.05, 0.1) is 17.9 Å². The Labute approximate surface area is 149 Å². The van der Waals surface area contributed by atoms with E-state index < -0.39 is 29.9 Å². The molecule has 1 fully saturated rings. The first kappa shape index (κ1) is 18.9. The first-order chi connectivity index (χ1) is 12.3. The lowest BCUT2D eigenvalue weighted by Crippen LogP contribution is -2.55. The standard InChI is InChI=1S/C18H22F2N2O4/c1-9-17(10(2)26-21-9)11-5-13(19)12(14(20)6-11)3-4-22-7-15(23)18(25)16(24)8-22/h5-6,15-16,18,23-25H,3-4,7-8H2,1-2H3/t15-,16+,18?. The van der Waals surface area contributed by atoms with Crippen LogP contribution in [0, 0.1) is 25.5 Å². The number of likely N-dealkylation sites (tertiary alicyclic amines) is 1. The van der Waals surface area contributed by atoms with Crippen LogP contribution in [0.1, 0.15) is 17.0 Å². The minimum absolute atomic E-state index is 0.0596. The molecule has 0 amide bonds. The number of hydrogen-bond acceptors (Lipinski definition) is 6. The van der Waals surface area contributed by atoms with Gasteiger partial charge in [-0.05, 0) is 38.0 Å². The van der Waals surface area contributed by atoms with E-state index in [1.54, 1.807) is 18.7 Å².